The molecule has 0 aliphatic rings. The average molecular weight is 214 g/mol. The van der Waals surface area contributed by atoms with Crippen LogP contribution >= 0.6 is 0 Å². The van der Waals surface area contributed by atoms with E-state index in [1.807, 2.05) is 0 Å². The van der Waals surface area contributed by atoms with Crippen LogP contribution in [0.2, 0.25) is 0 Å². The van der Waals surface area contributed by atoms with Gasteiger partial charge in [-0.25, -0.2) is 0 Å². The maximum absolute atomic E-state index is 11.1. The molecule has 0 amide bonds. The number of carbonyl (C=O) groups is 2. The fourth-order valence-corrected chi connectivity index (χ4v) is 1.00. The fraction of sp³-hybridized carbons (Fsp3) is 0.571. The maximum atomic E-state index is 11.1. The largest absolute Gasteiger partial charge is 0.481 e. The number of methoxy groups -OCH3 is 1. The smallest absolute Gasteiger partial charge is 0.320 e. The first kappa shape index (κ1) is 11.1. The average Bonchev–Trinajstić information content (AvgIpc) is 2.59. The predicted molar refractivity (Wildman–Crippen MR) is 45.6 cm³/mol. The van der Waals surface area contributed by atoms with E-state index in [2.05, 4.69) is 20.1 Å². The van der Waals surface area contributed by atoms with Gasteiger partial charge in [0, 0.05) is 6.42 Å². The molecule has 1 N–H and O–H groups in total. The first-order valence-corrected chi connectivity index (χ1v) is 4.08. The van der Waals surface area contributed by atoms with Crippen molar-refractivity contribution in [2.75, 3.05) is 7.11 Å². The quantitative estimate of drug-likeness (QED) is 0.486. The highest BCUT2D eigenvalue weighted by molar-refractivity contribution is 5.94. The highest BCUT2D eigenvalue weighted by atomic mass is 16.5. The number of hydrogen-bond acceptors (Lipinski definition) is 6. The zero-order valence-electron chi connectivity index (χ0n) is 8.25. The second-order valence-electron chi connectivity index (χ2n) is 2.81. The number of carbonyl (C=O) groups excluding carboxylic acids is 1. The molecular weight excluding hydrogens is 204 g/mol. The van der Waals surface area contributed by atoms with Crippen LogP contribution in [0.5, 0.6) is 0 Å². The van der Waals surface area contributed by atoms with E-state index < -0.39 is 17.9 Å². The lowest BCUT2D eigenvalue weighted by atomic mass is 10.1. The second-order valence-corrected chi connectivity index (χ2v) is 2.81. The van der Waals surface area contributed by atoms with Crippen molar-refractivity contribution in [3.63, 3.8) is 0 Å². The molecule has 82 valence electrons. The second kappa shape index (κ2) is 4.49. The van der Waals surface area contributed by atoms with Gasteiger partial charge in [0.1, 0.15) is 0 Å². The van der Waals surface area contributed by atoms with E-state index in [0.29, 0.717) is 0 Å². The van der Waals surface area contributed by atoms with Crippen molar-refractivity contribution < 1.29 is 19.4 Å². The maximum Gasteiger partial charge on any atom is 0.320 e. The van der Waals surface area contributed by atoms with E-state index in [1.165, 1.54) is 4.80 Å². The number of nitrogens with zero attached hydrogens (tertiary/aromatic N) is 4. The van der Waals surface area contributed by atoms with Gasteiger partial charge in [-0.15, -0.1) is 10.2 Å². The van der Waals surface area contributed by atoms with Crippen molar-refractivity contribution >= 4 is 11.9 Å². The first-order chi connectivity index (χ1) is 7.04. The molecule has 0 aromatic carbocycles. The van der Waals surface area contributed by atoms with Crippen LogP contribution in [0.1, 0.15) is 5.82 Å². The Kier molecular flexibility index (Phi) is 3.32. The van der Waals surface area contributed by atoms with E-state index >= 15 is 0 Å². The Bertz CT molecular complexity index is 375. The molecule has 1 unspecified atom stereocenters. The van der Waals surface area contributed by atoms with Gasteiger partial charge in [-0.2, -0.15) is 4.80 Å². The van der Waals surface area contributed by atoms with Crippen molar-refractivity contribution in [1.82, 2.24) is 20.2 Å². The fourth-order valence-electron chi connectivity index (χ4n) is 1.00. The molecule has 0 bridgehead atoms. The normalized spacial score (nSPS) is 12.1. The number of tetrazole rings is 1. The Balaban J connectivity index is 2.75. The van der Waals surface area contributed by atoms with Crippen molar-refractivity contribution in [3.05, 3.63) is 5.82 Å². The van der Waals surface area contributed by atoms with Crippen molar-refractivity contribution in [3.8, 4) is 0 Å². The molecular formula is C7H10N4O4. The Labute approximate surface area is 84.8 Å². The van der Waals surface area contributed by atoms with Crippen molar-refractivity contribution in [2.24, 2.45) is 13.0 Å². The lowest BCUT2D eigenvalue weighted by Gasteiger charge is -2.06. The summed E-state index contributed by atoms with van der Waals surface area (Å²) in [5, 5.41) is 19.6. The molecule has 15 heavy (non-hydrogen) atoms. The molecule has 0 saturated carbocycles. The summed E-state index contributed by atoms with van der Waals surface area (Å²) >= 11 is 0. The molecule has 1 atom stereocenters. The van der Waals surface area contributed by atoms with Gasteiger partial charge in [0.2, 0.25) is 0 Å². The van der Waals surface area contributed by atoms with Gasteiger partial charge in [0.15, 0.2) is 11.7 Å². The summed E-state index contributed by atoms with van der Waals surface area (Å²) in [7, 11) is 2.67. The number of aromatic nitrogens is 4. The summed E-state index contributed by atoms with van der Waals surface area (Å²) in [4.78, 5) is 23.0. The minimum Gasteiger partial charge on any atom is -0.481 e. The Morgan fingerprint density at radius 2 is 2.27 bits per heavy atom. The first-order valence-electron chi connectivity index (χ1n) is 4.08. The molecule has 0 radical (unpaired) electrons. The van der Waals surface area contributed by atoms with Crippen LogP contribution in [0.15, 0.2) is 0 Å². The summed E-state index contributed by atoms with van der Waals surface area (Å²) in [5.41, 5.74) is 0. The number of rotatable bonds is 4. The van der Waals surface area contributed by atoms with Gasteiger partial charge in [-0.1, -0.05) is 0 Å². The Morgan fingerprint density at radius 1 is 1.60 bits per heavy atom. The van der Waals surface area contributed by atoms with Gasteiger partial charge in [-0.05, 0) is 5.21 Å². The minimum absolute atomic E-state index is 0.129. The third-order valence-corrected chi connectivity index (χ3v) is 1.72. The molecule has 1 heterocycles. The highest BCUT2D eigenvalue weighted by Gasteiger charge is 2.29. The van der Waals surface area contributed by atoms with E-state index in [9.17, 15) is 9.59 Å². The standard InChI is InChI=1S/C7H10N4O4/c1-11-9-5(8-10-11)3-4(6(12)13)7(14)15-2/h4H,3H2,1-2H3,(H,12,13). The van der Waals surface area contributed by atoms with Crippen LogP contribution in [0, 0.1) is 5.92 Å². The Morgan fingerprint density at radius 3 is 2.67 bits per heavy atom. The lowest BCUT2D eigenvalue weighted by Crippen LogP contribution is -2.27. The number of carboxylic acids is 1. The molecule has 1 rings (SSSR count). The number of aryl methyl sites for hydroxylation is 1. The SMILES string of the molecule is COC(=O)C(Cc1nnn(C)n1)C(=O)O. The zero-order valence-corrected chi connectivity index (χ0v) is 8.25. The molecule has 0 aliphatic heterocycles. The molecule has 1 aromatic rings. The van der Waals surface area contributed by atoms with Crippen LogP contribution in [0.4, 0.5) is 0 Å². The molecule has 8 nitrogen and oxygen atoms in total. The molecule has 0 aliphatic carbocycles. The monoisotopic (exact) mass is 214 g/mol. The number of ether oxygens (including phenoxy) is 1. The van der Waals surface area contributed by atoms with E-state index in [4.69, 9.17) is 5.11 Å². The van der Waals surface area contributed by atoms with Crippen LogP contribution in [0.3, 0.4) is 0 Å². The van der Waals surface area contributed by atoms with E-state index in [1.54, 1.807) is 7.05 Å². The highest BCUT2D eigenvalue weighted by Crippen LogP contribution is 2.06. The van der Waals surface area contributed by atoms with Crippen LogP contribution in [-0.2, 0) is 27.8 Å². The summed E-state index contributed by atoms with van der Waals surface area (Å²) < 4.78 is 4.35. The summed E-state index contributed by atoms with van der Waals surface area (Å²) in [6, 6.07) is 0. The summed E-state index contributed by atoms with van der Waals surface area (Å²) in [6.07, 6.45) is -0.129. The van der Waals surface area contributed by atoms with Gasteiger partial charge < -0.3 is 9.84 Å². The zero-order chi connectivity index (χ0) is 11.4. The number of carboxylic acid groups (broad SMARTS) is 1. The Hall–Kier alpha value is -1.99. The third kappa shape index (κ3) is 2.73. The summed E-state index contributed by atoms with van der Waals surface area (Å²) in [5.74, 6) is -3.20. The minimum atomic E-state index is -1.29. The molecule has 0 fully saturated rings. The van der Waals surface area contributed by atoms with Gasteiger partial charge in [0.25, 0.3) is 0 Å². The van der Waals surface area contributed by atoms with Crippen LogP contribution in [-0.4, -0.2) is 44.4 Å². The van der Waals surface area contributed by atoms with Crippen LogP contribution in [0.25, 0.3) is 0 Å². The van der Waals surface area contributed by atoms with Gasteiger partial charge in [0.05, 0.1) is 14.2 Å². The van der Waals surface area contributed by atoms with Gasteiger partial charge in [-0.3, -0.25) is 9.59 Å². The number of aliphatic carboxylic acids is 1. The third-order valence-electron chi connectivity index (χ3n) is 1.72. The van der Waals surface area contributed by atoms with Crippen molar-refractivity contribution in [1.29, 1.82) is 0 Å². The van der Waals surface area contributed by atoms with Gasteiger partial charge >= 0.3 is 11.9 Å². The predicted octanol–water partition coefficient (Wildman–Crippen LogP) is -1.37. The van der Waals surface area contributed by atoms with E-state index in [0.717, 1.165) is 7.11 Å². The molecule has 8 heteroatoms. The van der Waals surface area contributed by atoms with Crippen LogP contribution < -0.4 is 0 Å². The molecule has 0 saturated heterocycles. The molecule has 0 spiro atoms. The number of esters is 1. The summed E-state index contributed by atoms with van der Waals surface area (Å²) in [6.45, 7) is 0. The number of hydrogen-bond donors (Lipinski definition) is 1. The lowest BCUT2D eigenvalue weighted by molar-refractivity contribution is -0.156. The topological polar surface area (TPSA) is 107 Å². The molecule has 1 aromatic heterocycles. The van der Waals surface area contributed by atoms with Crippen molar-refractivity contribution in [2.45, 2.75) is 6.42 Å². The van der Waals surface area contributed by atoms with E-state index in [-0.39, 0.29) is 12.2 Å².